The van der Waals surface area contributed by atoms with Crippen molar-refractivity contribution in [3.8, 4) is 11.5 Å². The molecule has 1 amide bonds. The van der Waals surface area contributed by atoms with Crippen molar-refractivity contribution in [2.75, 3.05) is 18.9 Å². The highest BCUT2D eigenvalue weighted by atomic mass is 35.5. The molecule has 2 atom stereocenters. The first-order chi connectivity index (χ1) is 21.8. The third kappa shape index (κ3) is 6.45. The monoisotopic (exact) mass is 641 g/mol. The van der Waals surface area contributed by atoms with E-state index in [0.717, 1.165) is 47.4 Å². The van der Waals surface area contributed by atoms with Crippen LogP contribution in [0, 0.1) is 5.92 Å². The van der Waals surface area contributed by atoms with E-state index in [1.807, 2.05) is 48.5 Å². The molecule has 0 saturated heterocycles. The molecule has 4 aromatic rings. The van der Waals surface area contributed by atoms with Crippen molar-refractivity contribution in [1.29, 1.82) is 0 Å². The number of halogens is 1. The van der Waals surface area contributed by atoms with Crippen LogP contribution in [0.15, 0.2) is 113 Å². The number of sulfonamides is 1. The van der Waals surface area contributed by atoms with Gasteiger partial charge in [0.15, 0.2) is 0 Å². The molecule has 0 bridgehead atoms. The van der Waals surface area contributed by atoms with Gasteiger partial charge >= 0.3 is 0 Å². The van der Waals surface area contributed by atoms with Gasteiger partial charge in [0.1, 0.15) is 11.5 Å². The fourth-order valence-electron chi connectivity index (χ4n) is 5.86. The van der Waals surface area contributed by atoms with Crippen LogP contribution in [-0.2, 0) is 10.0 Å². The van der Waals surface area contributed by atoms with E-state index in [-0.39, 0.29) is 28.3 Å². The standard InChI is InChI=1S/C35H32ClN3O5S/c1-43-29-17-9-23(10-18-29)21-25-5-4-8-32-33(25)37-39(34(32)24-11-19-30(44-2)20-12-24)35(40)26-6-3-7-31(22-26)45(41,42)38-28-15-13-27(36)14-16-28/h3,6-7,9-22,32,34,38H,4-5,8H2,1-2H3/b25-21+. The smallest absolute Gasteiger partial charge is 0.274 e. The van der Waals surface area contributed by atoms with Gasteiger partial charge < -0.3 is 9.47 Å². The van der Waals surface area contributed by atoms with Gasteiger partial charge in [-0.05, 0) is 109 Å². The number of amides is 1. The highest BCUT2D eigenvalue weighted by Gasteiger charge is 2.44. The first kappa shape index (κ1) is 30.4. The van der Waals surface area contributed by atoms with E-state index >= 15 is 0 Å². The summed E-state index contributed by atoms with van der Waals surface area (Å²) in [6.07, 6.45) is 4.77. The molecule has 1 heterocycles. The number of benzene rings is 4. The van der Waals surface area contributed by atoms with Crippen molar-refractivity contribution < 1.29 is 22.7 Å². The molecule has 4 aromatic carbocycles. The van der Waals surface area contributed by atoms with Crippen LogP contribution < -0.4 is 14.2 Å². The van der Waals surface area contributed by atoms with Crippen LogP contribution in [0.2, 0.25) is 5.02 Å². The molecule has 1 aliphatic carbocycles. The largest absolute Gasteiger partial charge is 0.497 e. The van der Waals surface area contributed by atoms with Crippen LogP contribution in [0.25, 0.3) is 6.08 Å². The maximum atomic E-state index is 14.2. The number of nitrogens with zero attached hydrogens (tertiary/aromatic N) is 2. The van der Waals surface area contributed by atoms with Crippen molar-refractivity contribution in [2.24, 2.45) is 11.0 Å². The molecule has 10 heteroatoms. The minimum Gasteiger partial charge on any atom is -0.497 e. The Labute approximate surface area is 268 Å². The number of hydrazone groups is 1. The molecule has 8 nitrogen and oxygen atoms in total. The van der Waals surface area contributed by atoms with Gasteiger partial charge in [0.05, 0.1) is 30.9 Å². The van der Waals surface area contributed by atoms with Crippen molar-refractivity contribution in [1.82, 2.24) is 5.01 Å². The topological polar surface area (TPSA) is 97.3 Å². The lowest BCUT2D eigenvalue weighted by Crippen LogP contribution is -2.32. The molecular weight excluding hydrogens is 610 g/mol. The Morgan fingerprint density at radius 2 is 1.60 bits per heavy atom. The number of carbonyl (C=O) groups is 1. The normalized spacial score (nSPS) is 18.7. The summed E-state index contributed by atoms with van der Waals surface area (Å²) in [5.74, 6) is 1.08. The SMILES string of the molecule is COc1ccc(/C=C2\CCCC3C2=NN(C(=O)c2cccc(S(=O)(=O)Nc4ccc(Cl)cc4)c2)C3c2ccc(OC)cc2)cc1. The molecule has 2 aliphatic rings. The molecule has 0 aromatic heterocycles. The summed E-state index contributed by atoms with van der Waals surface area (Å²) >= 11 is 5.95. The van der Waals surface area contributed by atoms with Crippen LogP contribution in [0.1, 0.15) is 46.8 Å². The minimum atomic E-state index is -3.98. The average Bonchev–Trinajstić information content (AvgIpc) is 3.46. The fraction of sp³-hybridized carbons (Fsp3) is 0.200. The van der Waals surface area contributed by atoms with Crippen molar-refractivity contribution >= 4 is 45.0 Å². The number of rotatable bonds is 8. The van der Waals surface area contributed by atoms with E-state index in [2.05, 4.69) is 10.8 Å². The molecule has 45 heavy (non-hydrogen) atoms. The highest BCUT2D eigenvalue weighted by molar-refractivity contribution is 7.92. The lowest BCUT2D eigenvalue weighted by atomic mass is 9.77. The summed E-state index contributed by atoms with van der Waals surface area (Å²) in [6, 6.07) is 27.5. The molecule has 6 rings (SSSR count). The molecule has 0 spiro atoms. The molecule has 1 N–H and O–H groups in total. The molecule has 1 saturated carbocycles. The molecule has 230 valence electrons. The lowest BCUT2D eigenvalue weighted by molar-refractivity contribution is 0.0680. The second-order valence-corrected chi connectivity index (χ2v) is 13.1. The Balaban J connectivity index is 1.36. The van der Waals surface area contributed by atoms with Crippen LogP contribution in [0.5, 0.6) is 11.5 Å². The Bertz CT molecular complexity index is 1870. The van der Waals surface area contributed by atoms with Gasteiger partial charge in [0.25, 0.3) is 15.9 Å². The van der Waals surface area contributed by atoms with Crippen LogP contribution in [0.4, 0.5) is 5.69 Å². The summed E-state index contributed by atoms with van der Waals surface area (Å²) in [5, 5.41) is 6.98. The zero-order valence-corrected chi connectivity index (χ0v) is 26.4. The molecule has 1 fully saturated rings. The maximum Gasteiger partial charge on any atom is 0.274 e. The second-order valence-electron chi connectivity index (χ2n) is 10.9. The van der Waals surface area contributed by atoms with Gasteiger partial charge in [-0.25, -0.2) is 13.4 Å². The van der Waals surface area contributed by atoms with Gasteiger partial charge in [-0.15, -0.1) is 0 Å². The third-order valence-electron chi connectivity index (χ3n) is 8.11. The summed E-state index contributed by atoms with van der Waals surface area (Å²) in [6.45, 7) is 0. The van der Waals surface area contributed by atoms with E-state index < -0.39 is 10.0 Å². The fourth-order valence-corrected chi connectivity index (χ4v) is 7.09. The van der Waals surface area contributed by atoms with Gasteiger partial charge in [-0.1, -0.05) is 41.9 Å². The van der Waals surface area contributed by atoms with E-state index in [9.17, 15) is 13.2 Å². The molecular formula is C35H32ClN3O5S. The Kier molecular flexibility index (Phi) is 8.65. The predicted octanol–water partition coefficient (Wildman–Crippen LogP) is 7.59. The van der Waals surface area contributed by atoms with Crippen molar-refractivity contribution in [2.45, 2.75) is 30.2 Å². The maximum absolute atomic E-state index is 14.2. The van der Waals surface area contributed by atoms with Gasteiger partial charge in [0, 0.05) is 22.2 Å². The zero-order valence-electron chi connectivity index (χ0n) is 24.8. The summed E-state index contributed by atoms with van der Waals surface area (Å²) < 4.78 is 39.8. The quantitative estimate of drug-likeness (QED) is 0.214. The summed E-state index contributed by atoms with van der Waals surface area (Å²) in [4.78, 5) is 14.2. The number of ether oxygens (including phenoxy) is 2. The van der Waals surface area contributed by atoms with Crippen LogP contribution >= 0.6 is 11.6 Å². The van der Waals surface area contributed by atoms with E-state index in [0.29, 0.717) is 16.5 Å². The van der Waals surface area contributed by atoms with E-state index in [1.165, 1.54) is 17.1 Å². The number of fused-ring (bicyclic) bond motifs is 1. The minimum absolute atomic E-state index is 0.0286. The number of methoxy groups -OCH3 is 2. The van der Waals surface area contributed by atoms with Crippen LogP contribution in [-0.4, -0.2) is 39.3 Å². The van der Waals surface area contributed by atoms with Gasteiger partial charge in [-0.2, -0.15) is 5.10 Å². The number of hydrogen-bond donors (Lipinski definition) is 1. The Morgan fingerprint density at radius 1 is 0.933 bits per heavy atom. The van der Waals surface area contributed by atoms with Gasteiger partial charge in [-0.3, -0.25) is 9.52 Å². The van der Waals surface area contributed by atoms with Gasteiger partial charge in [0.2, 0.25) is 0 Å². The Hall–Kier alpha value is -4.60. The lowest BCUT2D eigenvalue weighted by Gasteiger charge is -2.30. The first-order valence-electron chi connectivity index (χ1n) is 14.6. The molecule has 0 radical (unpaired) electrons. The average molecular weight is 642 g/mol. The van der Waals surface area contributed by atoms with Crippen molar-refractivity contribution in [3.63, 3.8) is 0 Å². The third-order valence-corrected chi connectivity index (χ3v) is 9.74. The molecule has 1 aliphatic heterocycles. The number of hydrogen-bond acceptors (Lipinski definition) is 6. The van der Waals surface area contributed by atoms with E-state index in [4.69, 9.17) is 26.2 Å². The second kappa shape index (κ2) is 12.8. The molecule has 2 unspecified atom stereocenters. The number of carbonyl (C=O) groups excluding carboxylic acids is 1. The highest BCUT2D eigenvalue weighted by Crippen LogP contribution is 2.45. The first-order valence-corrected chi connectivity index (χ1v) is 16.4. The summed E-state index contributed by atoms with van der Waals surface area (Å²) in [7, 11) is -0.730. The van der Waals surface area contributed by atoms with Crippen LogP contribution in [0.3, 0.4) is 0 Å². The predicted molar refractivity (Wildman–Crippen MR) is 176 cm³/mol. The van der Waals surface area contributed by atoms with Crippen molar-refractivity contribution in [3.05, 3.63) is 124 Å². The number of anilines is 1. The number of allylic oxidation sites excluding steroid dienone is 1. The van der Waals surface area contributed by atoms with E-state index in [1.54, 1.807) is 50.6 Å². The summed E-state index contributed by atoms with van der Waals surface area (Å²) in [5.41, 5.74) is 4.48. The Morgan fingerprint density at radius 3 is 2.27 bits per heavy atom. The zero-order chi connectivity index (χ0) is 31.6. The number of nitrogens with one attached hydrogen (secondary N) is 1.